The number of thiazole rings is 1. The van der Waals surface area contributed by atoms with Crippen LogP contribution in [0.2, 0.25) is 0 Å². The molecule has 0 aliphatic carbocycles. The van der Waals surface area contributed by atoms with Gasteiger partial charge in [0.1, 0.15) is 0 Å². The molecule has 0 aliphatic rings. The minimum Gasteiger partial charge on any atom is -0.319 e. The van der Waals surface area contributed by atoms with Crippen molar-refractivity contribution in [2.24, 2.45) is 12.0 Å². The average Bonchev–Trinajstić information content (AvgIpc) is 2.89. The van der Waals surface area contributed by atoms with Crippen molar-refractivity contribution in [1.82, 2.24) is 8.87 Å². The van der Waals surface area contributed by atoms with Gasteiger partial charge in [0, 0.05) is 26.7 Å². The normalized spacial score (nSPS) is 12.9. The van der Waals surface area contributed by atoms with Crippen LogP contribution in [0.25, 0.3) is 10.2 Å². The van der Waals surface area contributed by atoms with Gasteiger partial charge in [-0.3, -0.25) is 4.79 Å². The second kappa shape index (κ2) is 6.79. The molecule has 6 nitrogen and oxygen atoms in total. The largest absolute Gasteiger partial charge is 0.319 e. The van der Waals surface area contributed by atoms with Crippen LogP contribution in [-0.4, -0.2) is 37.3 Å². The molecule has 0 unspecified atom stereocenters. The molecule has 0 atom stereocenters. The van der Waals surface area contributed by atoms with Gasteiger partial charge in [-0.05, 0) is 48.9 Å². The number of fused-ring (bicyclic) bond motifs is 1. The van der Waals surface area contributed by atoms with E-state index in [1.165, 1.54) is 49.7 Å². The highest BCUT2D eigenvalue weighted by atomic mass is 32.2. The van der Waals surface area contributed by atoms with Crippen molar-refractivity contribution in [3.63, 3.8) is 0 Å². The Labute approximate surface area is 156 Å². The predicted molar refractivity (Wildman–Crippen MR) is 103 cm³/mol. The summed E-state index contributed by atoms with van der Waals surface area (Å²) < 4.78 is 28.3. The third-order valence-electron chi connectivity index (χ3n) is 4.04. The Balaban J connectivity index is 1.98. The van der Waals surface area contributed by atoms with Gasteiger partial charge in [0.15, 0.2) is 4.80 Å². The van der Waals surface area contributed by atoms with Crippen molar-refractivity contribution < 1.29 is 13.2 Å². The maximum Gasteiger partial charge on any atom is 0.279 e. The van der Waals surface area contributed by atoms with Crippen molar-refractivity contribution in [2.45, 2.75) is 11.8 Å². The first-order valence-electron chi connectivity index (χ1n) is 7.88. The Hall–Kier alpha value is -2.29. The number of hydrogen-bond donors (Lipinski definition) is 0. The number of benzene rings is 2. The number of rotatable bonds is 3. The number of aromatic nitrogens is 1. The third kappa shape index (κ3) is 3.35. The standard InChI is InChI=1S/C18H19N3O3S2/c1-12-5-10-15-16(11-12)25-18(21(15)4)19-17(22)13-6-8-14(9-7-13)26(23,24)20(2)3/h5-11H,1-4H3. The van der Waals surface area contributed by atoms with Crippen LogP contribution in [0.3, 0.4) is 0 Å². The van der Waals surface area contributed by atoms with Gasteiger partial charge in [-0.15, -0.1) is 0 Å². The Morgan fingerprint density at radius 1 is 1.12 bits per heavy atom. The number of nitrogens with zero attached hydrogens (tertiary/aromatic N) is 3. The van der Waals surface area contributed by atoms with Gasteiger partial charge in [-0.2, -0.15) is 4.99 Å². The van der Waals surface area contributed by atoms with Crippen LogP contribution in [0.5, 0.6) is 0 Å². The first-order chi connectivity index (χ1) is 12.2. The minimum atomic E-state index is -3.52. The molecule has 2 aromatic carbocycles. The molecule has 3 rings (SSSR count). The lowest BCUT2D eigenvalue weighted by Gasteiger charge is -2.11. The molecule has 0 aliphatic heterocycles. The van der Waals surface area contributed by atoms with E-state index in [9.17, 15) is 13.2 Å². The van der Waals surface area contributed by atoms with Crippen molar-refractivity contribution in [3.05, 3.63) is 58.4 Å². The average molecular weight is 390 g/mol. The second-order valence-corrected chi connectivity index (χ2v) is 9.30. The highest BCUT2D eigenvalue weighted by molar-refractivity contribution is 7.89. The van der Waals surface area contributed by atoms with Crippen molar-refractivity contribution in [3.8, 4) is 0 Å². The van der Waals surface area contributed by atoms with Crippen LogP contribution < -0.4 is 4.80 Å². The van der Waals surface area contributed by atoms with Crippen LogP contribution in [0.1, 0.15) is 15.9 Å². The molecule has 1 aromatic heterocycles. The number of carbonyl (C=O) groups excluding carboxylic acids is 1. The van der Waals surface area contributed by atoms with Crippen LogP contribution in [0, 0.1) is 6.92 Å². The zero-order valence-electron chi connectivity index (χ0n) is 14.9. The molecule has 1 heterocycles. The zero-order valence-corrected chi connectivity index (χ0v) is 16.6. The summed E-state index contributed by atoms with van der Waals surface area (Å²) in [6.45, 7) is 2.02. The number of aryl methyl sites for hydroxylation is 2. The van der Waals surface area contributed by atoms with E-state index in [1.54, 1.807) is 0 Å². The summed E-state index contributed by atoms with van der Waals surface area (Å²) in [7, 11) is 1.28. The van der Waals surface area contributed by atoms with Crippen molar-refractivity contribution in [1.29, 1.82) is 0 Å². The number of amides is 1. The van der Waals surface area contributed by atoms with Crippen LogP contribution in [0.15, 0.2) is 52.4 Å². The fourth-order valence-electron chi connectivity index (χ4n) is 2.48. The Kier molecular flexibility index (Phi) is 4.83. The predicted octanol–water partition coefficient (Wildman–Crippen LogP) is 2.54. The minimum absolute atomic E-state index is 0.141. The molecule has 0 fully saturated rings. The number of sulfonamides is 1. The van der Waals surface area contributed by atoms with Crippen molar-refractivity contribution in [2.75, 3.05) is 14.1 Å². The molecular formula is C18H19N3O3S2. The highest BCUT2D eigenvalue weighted by Gasteiger charge is 2.17. The third-order valence-corrected chi connectivity index (χ3v) is 6.97. The molecule has 0 radical (unpaired) electrons. The Bertz CT molecular complexity index is 1150. The summed E-state index contributed by atoms with van der Waals surface area (Å²) in [4.78, 5) is 17.4. The fraction of sp³-hybridized carbons (Fsp3) is 0.222. The van der Waals surface area contributed by atoms with Gasteiger partial charge in [0.25, 0.3) is 5.91 Å². The lowest BCUT2D eigenvalue weighted by atomic mass is 10.2. The van der Waals surface area contributed by atoms with Crippen LogP contribution >= 0.6 is 11.3 Å². The van der Waals surface area contributed by atoms with Crippen molar-refractivity contribution >= 4 is 37.5 Å². The summed E-state index contributed by atoms with van der Waals surface area (Å²) >= 11 is 1.45. The number of hydrogen-bond acceptors (Lipinski definition) is 4. The maximum absolute atomic E-state index is 12.5. The molecule has 1 amide bonds. The topological polar surface area (TPSA) is 71.7 Å². The van der Waals surface area contributed by atoms with E-state index >= 15 is 0 Å². The molecule has 26 heavy (non-hydrogen) atoms. The molecular weight excluding hydrogens is 370 g/mol. The molecule has 0 bridgehead atoms. The zero-order chi connectivity index (χ0) is 19.1. The van der Waals surface area contributed by atoms with E-state index < -0.39 is 15.9 Å². The molecule has 3 aromatic rings. The van der Waals surface area contributed by atoms with Gasteiger partial charge in [-0.25, -0.2) is 12.7 Å². The van der Waals surface area contributed by atoms with Crippen LogP contribution in [0.4, 0.5) is 0 Å². The number of carbonyl (C=O) groups is 1. The maximum atomic E-state index is 12.5. The first kappa shape index (κ1) is 18.5. The summed E-state index contributed by atoms with van der Waals surface area (Å²) in [6, 6.07) is 11.9. The van der Waals surface area contributed by atoms with Gasteiger partial charge in [0.05, 0.1) is 15.1 Å². The van der Waals surface area contributed by atoms with E-state index in [1.807, 2.05) is 30.7 Å². The molecule has 0 N–H and O–H groups in total. The summed E-state index contributed by atoms with van der Waals surface area (Å²) in [6.07, 6.45) is 0. The van der Waals surface area contributed by atoms with Gasteiger partial charge >= 0.3 is 0 Å². The summed E-state index contributed by atoms with van der Waals surface area (Å²) in [5.41, 5.74) is 2.51. The van der Waals surface area contributed by atoms with E-state index in [2.05, 4.69) is 11.1 Å². The van der Waals surface area contributed by atoms with E-state index in [4.69, 9.17) is 0 Å². The quantitative estimate of drug-likeness (QED) is 0.691. The summed E-state index contributed by atoms with van der Waals surface area (Å²) in [5.74, 6) is -0.405. The summed E-state index contributed by atoms with van der Waals surface area (Å²) in [5, 5.41) is 0. The second-order valence-electron chi connectivity index (χ2n) is 6.14. The fourth-order valence-corrected chi connectivity index (χ4v) is 4.50. The molecule has 136 valence electrons. The smallest absolute Gasteiger partial charge is 0.279 e. The lowest BCUT2D eigenvalue weighted by Crippen LogP contribution is -2.22. The van der Waals surface area contributed by atoms with Gasteiger partial charge in [0.2, 0.25) is 10.0 Å². The van der Waals surface area contributed by atoms with Gasteiger partial charge in [-0.1, -0.05) is 17.4 Å². The molecule has 0 spiro atoms. The van der Waals surface area contributed by atoms with Crippen LogP contribution in [-0.2, 0) is 17.1 Å². The van der Waals surface area contributed by atoms with Gasteiger partial charge < -0.3 is 4.57 Å². The SMILES string of the molecule is Cc1ccc2c(c1)sc(=NC(=O)c1ccc(S(=O)(=O)N(C)C)cc1)n2C. The molecule has 0 saturated heterocycles. The lowest BCUT2D eigenvalue weighted by molar-refractivity contribution is 0.0998. The molecule has 8 heteroatoms. The highest BCUT2D eigenvalue weighted by Crippen LogP contribution is 2.18. The Morgan fingerprint density at radius 3 is 2.38 bits per heavy atom. The van der Waals surface area contributed by atoms with E-state index in [0.717, 1.165) is 20.1 Å². The first-order valence-corrected chi connectivity index (χ1v) is 10.1. The molecule has 0 saturated carbocycles. The van der Waals surface area contributed by atoms with E-state index in [0.29, 0.717) is 10.4 Å². The van der Waals surface area contributed by atoms with E-state index in [-0.39, 0.29) is 4.90 Å². The monoisotopic (exact) mass is 389 g/mol. The Morgan fingerprint density at radius 2 is 1.77 bits per heavy atom.